The first-order chi connectivity index (χ1) is 25.8. The average molecular weight is 666 g/mol. The molecule has 0 fully saturated rings. The number of fused-ring (bicyclic) bond motifs is 4. The van der Waals surface area contributed by atoms with Crippen molar-refractivity contribution >= 4 is 32.7 Å². The van der Waals surface area contributed by atoms with Crippen molar-refractivity contribution in [2.75, 3.05) is 0 Å². The summed E-state index contributed by atoms with van der Waals surface area (Å²) in [7, 11) is 0. The van der Waals surface area contributed by atoms with Gasteiger partial charge in [-0.05, 0) is 77.2 Å². The molecule has 244 valence electrons. The molecule has 0 atom stereocenters. The molecule has 10 aromatic rings. The van der Waals surface area contributed by atoms with Gasteiger partial charge < -0.3 is 9.13 Å². The standard InChI is InChI=1S/C47H31N5/c1-3-11-34(12-4-1)45-48-46(35-13-5-2-6-14-35)50-47(49-45)36-23-25-38(26-24-36)51-30-29-33-19-20-37(31-44(33)51)32-21-27-39(28-22-32)52-42-17-9-7-15-40(42)41-16-8-10-18-43(41)52/h1-31H. The summed E-state index contributed by atoms with van der Waals surface area (Å²) >= 11 is 0. The van der Waals surface area contributed by atoms with Crippen LogP contribution < -0.4 is 0 Å². The lowest BCUT2D eigenvalue weighted by atomic mass is 10.0. The smallest absolute Gasteiger partial charge is 0.164 e. The van der Waals surface area contributed by atoms with Crippen molar-refractivity contribution in [3.05, 3.63) is 188 Å². The van der Waals surface area contributed by atoms with E-state index in [2.05, 4.69) is 137 Å². The largest absolute Gasteiger partial charge is 0.317 e. The van der Waals surface area contributed by atoms with Crippen LogP contribution in [0.4, 0.5) is 0 Å². The number of benzene rings is 7. The summed E-state index contributed by atoms with van der Waals surface area (Å²) in [6.07, 6.45) is 2.14. The minimum Gasteiger partial charge on any atom is -0.317 e. The molecular formula is C47H31N5. The minimum absolute atomic E-state index is 0.642. The molecule has 0 radical (unpaired) electrons. The van der Waals surface area contributed by atoms with Crippen molar-refractivity contribution in [1.82, 2.24) is 24.1 Å². The zero-order chi connectivity index (χ0) is 34.4. The normalized spacial score (nSPS) is 11.5. The molecule has 0 aliphatic rings. The Balaban J connectivity index is 0.987. The monoisotopic (exact) mass is 665 g/mol. The third-order valence-electron chi connectivity index (χ3n) is 9.84. The molecule has 0 bridgehead atoms. The Morgan fingerprint density at radius 2 is 0.788 bits per heavy atom. The number of nitrogens with zero attached hydrogens (tertiary/aromatic N) is 5. The molecule has 0 saturated heterocycles. The third kappa shape index (κ3) is 5.15. The van der Waals surface area contributed by atoms with Gasteiger partial charge in [-0.2, -0.15) is 0 Å². The van der Waals surface area contributed by atoms with E-state index in [-0.39, 0.29) is 0 Å². The van der Waals surface area contributed by atoms with Gasteiger partial charge in [0.05, 0.1) is 16.6 Å². The summed E-state index contributed by atoms with van der Waals surface area (Å²) in [5.74, 6) is 1.95. The lowest BCUT2D eigenvalue weighted by Gasteiger charge is -2.11. The van der Waals surface area contributed by atoms with Crippen LogP contribution in [-0.2, 0) is 0 Å². The van der Waals surface area contributed by atoms with Crippen LogP contribution in [0.25, 0.3) is 89.4 Å². The summed E-state index contributed by atoms with van der Waals surface area (Å²) in [6, 6.07) is 63.6. The molecule has 3 heterocycles. The Kier molecular flexibility index (Phi) is 7.07. The van der Waals surface area contributed by atoms with Gasteiger partial charge >= 0.3 is 0 Å². The molecule has 0 N–H and O–H groups in total. The summed E-state index contributed by atoms with van der Waals surface area (Å²) < 4.78 is 4.60. The Bertz CT molecular complexity index is 2760. The number of hydrogen-bond acceptors (Lipinski definition) is 3. The Morgan fingerprint density at radius 1 is 0.327 bits per heavy atom. The molecule has 0 aliphatic carbocycles. The number of para-hydroxylation sites is 2. The molecule has 10 rings (SSSR count). The predicted octanol–water partition coefficient (Wildman–Crippen LogP) is 11.6. The van der Waals surface area contributed by atoms with Gasteiger partial charge in [0, 0.05) is 45.0 Å². The van der Waals surface area contributed by atoms with Crippen LogP contribution in [0.1, 0.15) is 0 Å². The maximum Gasteiger partial charge on any atom is 0.164 e. The SMILES string of the molecule is c1ccc(-c2nc(-c3ccccc3)nc(-c3ccc(-n4ccc5ccc(-c6ccc(-n7c8ccccc8c8ccccc87)cc6)cc54)cc3)n2)cc1. The minimum atomic E-state index is 0.642. The molecule has 3 aromatic heterocycles. The van der Waals surface area contributed by atoms with Crippen molar-refractivity contribution in [1.29, 1.82) is 0 Å². The molecule has 0 unspecified atom stereocenters. The quantitative estimate of drug-likeness (QED) is 0.178. The molecule has 0 amide bonds. The van der Waals surface area contributed by atoms with Gasteiger partial charge in [-0.3, -0.25) is 0 Å². The summed E-state index contributed by atoms with van der Waals surface area (Å²) in [5, 5.41) is 3.72. The van der Waals surface area contributed by atoms with Gasteiger partial charge in [0.25, 0.3) is 0 Å². The Hall–Kier alpha value is -7.11. The number of aromatic nitrogens is 5. The third-order valence-corrected chi connectivity index (χ3v) is 9.84. The fourth-order valence-electron chi connectivity index (χ4n) is 7.25. The first kappa shape index (κ1) is 29.8. The van der Waals surface area contributed by atoms with Crippen LogP contribution in [0, 0.1) is 0 Å². The van der Waals surface area contributed by atoms with E-state index in [1.165, 1.54) is 38.3 Å². The van der Waals surface area contributed by atoms with Crippen molar-refractivity contribution in [2.45, 2.75) is 0 Å². The second-order valence-corrected chi connectivity index (χ2v) is 13.0. The van der Waals surface area contributed by atoms with Crippen LogP contribution in [0.15, 0.2) is 188 Å². The van der Waals surface area contributed by atoms with Crippen LogP contribution in [0.2, 0.25) is 0 Å². The van der Waals surface area contributed by atoms with Gasteiger partial charge in [-0.1, -0.05) is 121 Å². The van der Waals surface area contributed by atoms with E-state index in [0.717, 1.165) is 33.6 Å². The van der Waals surface area contributed by atoms with Crippen LogP contribution >= 0.6 is 0 Å². The maximum absolute atomic E-state index is 4.91. The van der Waals surface area contributed by atoms with E-state index in [1.54, 1.807) is 0 Å². The second kappa shape index (κ2) is 12.3. The molecule has 0 aliphatic heterocycles. The highest BCUT2D eigenvalue weighted by Gasteiger charge is 2.14. The second-order valence-electron chi connectivity index (χ2n) is 13.0. The van der Waals surface area contributed by atoms with Gasteiger partial charge in [-0.25, -0.2) is 15.0 Å². The van der Waals surface area contributed by atoms with Crippen molar-refractivity contribution in [3.8, 4) is 56.7 Å². The van der Waals surface area contributed by atoms with E-state index in [0.29, 0.717) is 17.5 Å². The molecule has 5 heteroatoms. The van der Waals surface area contributed by atoms with E-state index >= 15 is 0 Å². The Morgan fingerprint density at radius 3 is 1.37 bits per heavy atom. The van der Waals surface area contributed by atoms with Crippen LogP contribution in [-0.4, -0.2) is 24.1 Å². The highest BCUT2D eigenvalue weighted by atomic mass is 15.0. The van der Waals surface area contributed by atoms with Gasteiger partial charge in [0.1, 0.15) is 0 Å². The highest BCUT2D eigenvalue weighted by Crippen LogP contribution is 2.34. The summed E-state index contributed by atoms with van der Waals surface area (Å²) in [6.45, 7) is 0. The van der Waals surface area contributed by atoms with Crippen molar-refractivity contribution in [2.24, 2.45) is 0 Å². The van der Waals surface area contributed by atoms with Crippen LogP contribution in [0.5, 0.6) is 0 Å². The van der Waals surface area contributed by atoms with E-state index in [1.807, 2.05) is 60.7 Å². The number of hydrogen-bond donors (Lipinski definition) is 0. The Labute approximate surface area is 300 Å². The molecule has 7 aromatic carbocycles. The molecular weight excluding hydrogens is 635 g/mol. The van der Waals surface area contributed by atoms with E-state index < -0.39 is 0 Å². The van der Waals surface area contributed by atoms with E-state index in [9.17, 15) is 0 Å². The van der Waals surface area contributed by atoms with Crippen LogP contribution in [0.3, 0.4) is 0 Å². The maximum atomic E-state index is 4.91. The lowest BCUT2D eigenvalue weighted by Crippen LogP contribution is -2.00. The van der Waals surface area contributed by atoms with Gasteiger partial charge in [0.15, 0.2) is 17.5 Å². The summed E-state index contributed by atoms with van der Waals surface area (Å²) in [5.41, 5.74) is 11.0. The molecule has 0 spiro atoms. The number of rotatable bonds is 6. The first-order valence-electron chi connectivity index (χ1n) is 17.4. The van der Waals surface area contributed by atoms with Gasteiger partial charge in [0.2, 0.25) is 0 Å². The zero-order valence-corrected chi connectivity index (χ0v) is 28.1. The fraction of sp³-hybridized carbons (Fsp3) is 0. The van der Waals surface area contributed by atoms with E-state index in [4.69, 9.17) is 15.0 Å². The van der Waals surface area contributed by atoms with Gasteiger partial charge in [-0.15, -0.1) is 0 Å². The molecule has 52 heavy (non-hydrogen) atoms. The summed E-state index contributed by atoms with van der Waals surface area (Å²) in [4.78, 5) is 14.7. The molecule has 0 saturated carbocycles. The molecule has 5 nitrogen and oxygen atoms in total. The first-order valence-corrected chi connectivity index (χ1v) is 17.4. The average Bonchev–Trinajstić information content (AvgIpc) is 3.81. The highest BCUT2D eigenvalue weighted by molar-refractivity contribution is 6.09. The lowest BCUT2D eigenvalue weighted by molar-refractivity contribution is 1.07. The van der Waals surface area contributed by atoms with Crippen molar-refractivity contribution in [3.63, 3.8) is 0 Å². The topological polar surface area (TPSA) is 48.5 Å². The zero-order valence-electron chi connectivity index (χ0n) is 28.1. The van der Waals surface area contributed by atoms with Crippen molar-refractivity contribution < 1.29 is 0 Å². The predicted molar refractivity (Wildman–Crippen MR) is 213 cm³/mol. The fourth-order valence-corrected chi connectivity index (χ4v) is 7.25.